The molecule has 29 heavy (non-hydrogen) atoms. The zero-order valence-electron chi connectivity index (χ0n) is 15.8. The fraction of sp³-hybridized carbons (Fsp3) is 0.130. The number of hydrogen-bond acceptors (Lipinski definition) is 5. The lowest BCUT2D eigenvalue weighted by molar-refractivity contribution is -0.113. The van der Waals surface area contributed by atoms with E-state index in [-0.39, 0.29) is 11.7 Å². The predicted molar refractivity (Wildman–Crippen MR) is 117 cm³/mol. The van der Waals surface area contributed by atoms with Gasteiger partial charge in [-0.1, -0.05) is 73.3 Å². The van der Waals surface area contributed by atoms with E-state index in [4.69, 9.17) is 4.98 Å². The lowest BCUT2D eigenvalue weighted by atomic mass is 10.0. The minimum atomic E-state index is -0.0783. The van der Waals surface area contributed by atoms with Crippen molar-refractivity contribution >= 4 is 34.1 Å². The molecule has 0 fully saturated rings. The Labute approximate surface area is 172 Å². The molecule has 1 heterocycles. The van der Waals surface area contributed by atoms with Crippen LogP contribution in [0, 0.1) is 0 Å². The van der Waals surface area contributed by atoms with Crippen LogP contribution in [0.3, 0.4) is 0 Å². The van der Waals surface area contributed by atoms with Gasteiger partial charge in [0.2, 0.25) is 11.1 Å². The number of nitrogens with one attached hydrogen (secondary N) is 1. The highest BCUT2D eigenvalue weighted by atomic mass is 32.2. The zero-order chi connectivity index (χ0) is 19.8. The van der Waals surface area contributed by atoms with Gasteiger partial charge in [-0.3, -0.25) is 4.79 Å². The lowest BCUT2D eigenvalue weighted by Crippen LogP contribution is -2.15. The van der Waals surface area contributed by atoms with Crippen LogP contribution in [-0.2, 0) is 11.2 Å². The van der Waals surface area contributed by atoms with Crippen molar-refractivity contribution in [3.63, 3.8) is 0 Å². The highest BCUT2D eigenvalue weighted by molar-refractivity contribution is 7.99. The second-order valence-corrected chi connectivity index (χ2v) is 7.79. The molecule has 6 heteroatoms. The maximum Gasteiger partial charge on any atom is 0.234 e. The van der Waals surface area contributed by atoms with E-state index in [2.05, 4.69) is 46.7 Å². The molecule has 0 unspecified atom stereocenters. The molecule has 1 N–H and O–H groups in total. The Bertz CT molecular complexity index is 1250. The summed E-state index contributed by atoms with van der Waals surface area (Å²) in [5, 5.41) is 14.5. The van der Waals surface area contributed by atoms with E-state index < -0.39 is 0 Å². The molecule has 1 amide bonds. The van der Waals surface area contributed by atoms with Crippen molar-refractivity contribution in [1.29, 1.82) is 0 Å². The Morgan fingerprint density at radius 2 is 1.69 bits per heavy atom. The molecule has 0 radical (unpaired) electrons. The monoisotopic (exact) mass is 398 g/mol. The van der Waals surface area contributed by atoms with Crippen molar-refractivity contribution in [1.82, 2.24) is 15.2 Å². The van der Waals surface area contributed by atoms with Crippen LogP contribution in [0.1, 0.15) is 12.5 Å². The molecule has 0 bridgehead atoms. The van der Waals surface area contributed by atoms with E-state index in [1.165, 1.54) is 22.5 Å². The van der Waals surface area contributed by atoms with Gasteiger partial charge in [0.05, 0.1) is 5.75 Å². The van der Waals surface area contributed by atoms with Gasteiger partial charge in [0.1, 0.15) is 11.4 Å². The Kier molecular flexibility index (Phi) is 4.48. The average molecular weight is 398 g/mol. The molecule has 0 aliphatic heterocycles. The average Bonchev–Trinajstić information content (AvgIpc) is 3.08. The summed E-state index contributed by atoms with van der Waals surface area (Å²) in [5.41, 5.74) is 5.76. The van der Waals surface area contributed by atoms with Crippen LogP contribution in [0.5, 0.6) is 0 Å². The third-order valence-corrected chi connectivity index (χ3v) is 5.92. The van der Waals surface area contributed by atoms with Gasteiger partial charge in [-0.25, -0.2) is 4.98 Å². The summed E-state index contributed by atoms with van der Waals surface area (Å²) < 4.78 is 0. The fourth-order valence-corrected chi connectivity index (χ4v) is 4.33. The SMILES string of the molecule is CCc1ccccc1NC(=O)CSc1nnc2c(n1)-c1cccc3cccc-2c13. The number of rotatable bonds is 5. The summed E-state index contributed by atoms with van der Waals surface area (Å²) >= 11 is 1.30. The molecule has 1 aliphatic carbocycles. The zero-order valence-corrected chi connectivity index (χ0v) is 16.7. The first-order chi connectivity index (χ1) is 14.2. The minimum absolute atomic E-state index is 0.0783. The van der Waals surface area contributed by atoms with E-state index in [1.54, 1.807) is 0 Å². The van der Waals surface area contributed by atoms with Gasteiger partial charge in [-0.2, -0.15) is 0 Å². The van der Waals surface area contributed by atoms with Gasteiger partial charge in [-0.15, -0.1) is 10.2 Å². The summed E-state index contributed by atoms with van der Waals surface area (Å²) in [4.78, 5) is 17.1. The first-order valence-electron chi connectivity index (χ1n) is 9.52. The minimum Gasteiger partial charge on any atom is -0.325 e. The molecular weight excluding hydrogens is 380 g/mol. The van der Waals surface area contributed by atoms with E-state index in [0.29, 0.717) is 5.16 Å². The Morgan fingerprint density at radius 3 is 2.48 bits per heavy atom. The fourth-order valence-electron chi connectivity index (χ4n) is 3.74. The molecule has 1 aromatic heterocycles. The molecule has 0 saturated heterocycles. The van der Waals surface area contributed by atoms with Gasteiger partial charge in [-0.05, 0) is 23.4 Å². The third-order valence-electron chi connectivity index (χ3n) is 5.09. The largest absolute Gasteiger partial charge is 0.325 e. The first-order valence-corrected chi connectivity index (χ1v) is 10.5. The van der Waals surface area contributed by atoms with Crippen molar-refractivity contribution in [3.8, 4) is 22.5 Å². The molecule has 0 atom stereocenters. The number of anilines is 1. The molecule has 0 spiro atoms. The van der Waals surface area contributed by atoms with Crippen LogP contribution in [0.2, 0.25) is 0 Å². The summed E-state index contributed by atoms with van der Waals surface area (Å²) in [5.74, 6) is 0.153. The third kappa shape index (κ3) is 3.15. The van der Waals surface area contributed by atoms with Crippen LogP contribution in [-0.4, -0.2) is 26.8 Å². The normalized spacial score (nSPS) is 11.5. The molecule has 142 valence electrons. The van der Waals surface area contributed by atoms with Gasteiger partial charge in [0, 0.05) is 22.2 Å². The van der Waals surface area contributed by atoms with Gasteiger partial charge in [0.25, 0.3) is 0 Å². The number of fused-ring (bicyclic) bond motifs is 3. The maximum atomic E-state index is 12.4. The summed E-state index contributed by atoms with van der Waals surface area (Å²) in [7, 11) is 0. The summed E-state index contributed by atoms with van der Waals surface area (Å²) in [6.45, 7) is 2.07. The van der Waals surface area contributed by atoms with Crippen LogP contribution >= 0.6 is 11.8 Å². The number of aryl methyl sites for hydroxylation is 1. The van der Waals surface area contributed by atoms with Crippen molar-refractivity contribution in [2.45, 2.75) is 18.5 Å². The number of benzene rings is 3. The standard InChI is InChI=1S/C23H18N4OS/c1-2-14-7-3-4-12-18(14)24-19(28)13-29-23-25-21-16-10-5-8-15-9-6-11-17(20(15)16)22(21)26-27-23/h3-12H,2,13H2,1H3,(H,24,28). The quantitative estimate of drug-likeness (QED) is 0.424. The van der Waals surface area contributed by atoms with Gasteiger partial charge < -0.3 is 5.32 Å². The number of nitrogens with zero attached hydrogens (tertiary/aromatic N) is 3. The molecule has 0 saturated carbocycles. The second kappa shape index (κ2) is 7.29. The maximum absolute atomic E-state index is 12.4. The van der Waals surface area contributed by atoms with Crippen molar-refractivity contribution in [2.75, 3.05) is 11.1 Å². The van der Waals surface area contributed by atoms with E-state index in [1.807, 2.05) is 36.4 Å². The highest BCUT2D eigenvalue weighted by Crippen LogP contribution is 2.44. The predicted octanol–water partition coefficient (Wildman–Crippen LogP) is 4.97. The molecule has 1 aliphatic rings. The van der Waals surface area contributed by atoms with Crippen LogP contribution < -0.4 is 5.32 Å². The highest BCUT2D eigenvalue weighted by Gasteiger charge is 2.25. The molecular formula is C23H18N4OS. The topological polar surface area (TPSA) is 67.8 Å². The number of amides is 1. The molecule has 5 nitrogen and oxygen atoms in total. The van der Waals surface area contributed by atoms with Gasteiger partial charge in [0.15, 0.2) is 0 Å². The Morgan fingerprint density at radius 1 is 0.931 bits per heavy atom. The lowest BCUT2D eigenvalue weighted by Gasteiger charge is -2.09. The number of carbonyl (C=O) groups excluding carboxylic acids is 1. The van der Waals surface area contributed by atoms with Crippen LogP contribution in [0.25, 0.3) is 33.3 Å². The summed E-state index contributed by atoms with van der Waals surface area (Å²) in [6, 6.07) is 20.2. The second-order valence-electron chi connectivity index (χ2n) is 6.85. The number of carbonyl (C=O) groups is 1. The number of hydrogen-bond donors (Lipinski definition) is 1. The van der Waals surface area contributed by atoms with Crippen molar-refractivity contribution in [3.05, 3.63) is 66.2 Å². The van der Waals surface area contributed by atoms with Crippen molar-refractivity contribution in [2.24, 2.45) is 0 Å². The number of aromatic nitrogens is 3. The first kappa shape index (κ1) is 17.8. The van der Waals surface area contributed by atoms with E-state index in [0.717, 1.165) is 40.2 Å². The smallest absolute Gasteiger partial charge is 0.234 e. The van der Waals surface area contributed by atoms with E-state index in [9.17, 15) is 4.79 Å². The summed E-state index contributed by atoms with van der Waals surface area (Å²) in [6.07, 6.45) is 0.869. The van der Waals surface area contributed by atoms with Crippen LogP contribution in [0.15, 0.2) is 65.8 Å². The van der Waals surface area contributed by atoms with E-state index >= 15 is 0 Å². The Balaban J connectivity index is 1.36. The number of thioether (sulfide) groups is 1. The molecule has 5 rings (SSSR count). The van der Waals surface area contributed by atoms with Crippen molar-refractivity contribution < 1.29 is 4.79 Å². The number of para-hydroxylation sites is 1. The Hall–Kier alpha value is -3.25. The molecule has 3 aromatic carbocycles. The van der Waals surface area contributed by atoms with Crippen LogP contribution in [0.4, 0.5) is 5.69 Å². The molecule has 4 aromatic rings. The van der Waals surface area contributed by atoms with Gasteiger partial charge >= 0.3 is 0 Å².